The number of hydrogen-bond donors (Lipinski definition) is 1. The van der Waals surface area contributed by atoms with Crippen LogP contribution < -0.4 is 5.32 Å². The fourth-order valence-corrected chi connectivity index (χ4v) is 3.98. The van der Waals surface area contributed by atoms with Gasteiger partial charge in [-0.15, -0.1) is 0 Å². The molecule has 2 heterocycles. The Morgan fingerprint density at radius 2 is 1.76 bits per heavy atom. The number of hydrogen-bond acceptors (Lipinski definition) is 4. The lowest BCUT2D eigenvalue weighted by Crippen LogP contribution is -2.48. The molecule has 0 radical (unpaired) electrons. The minimum absolute atomic E-state index is 0.0206. The van der Waals surface area contributed by atoms with E-state index in [2.05, 4.69) is 12.2 Å². The largest absolute Gasteiger partial charge is 0.372 e. The molecule has 2 aliphatic heterocycles. The van der Waals surface area contributed by atoms with E-state index in [0.717, 1.165) is 12.8 Å². The number of amides is 3. The number of nitrogens with zero attached hydrogens (tertiary/aromatic N) is 2. The van der Waals surface area contributed by atoms with Gasteiger partial charge in [-0.3, -0.25) is 14.4 Å². The van der Waals surface area contributed by atoms with Crippen molar-refractivity contribution in [3.8, 4) is 0 Å². The van der Waals surface area contributed by atoms with Gasteiger partial charge in [0, 0.05) is 43.9 Å². The zero-order valence-corrected chi connectivity index (χ0v) is 17.5. The molecule has 2 fully saturated rings. The Labute approximate surface area is 172 Å². The fraction of sp³-hybridized carbons (Fsp3) is 0.591. The Kier molecular flexibility index (Phi) is 6.90. The monoisotopic (exact) mass is 401 g/mol. The molecule has 7 heteroatoms. The molecule has 0 aliphatic carbocycles. The molecule has 7 nitrogen and oxygen atoms in total. The highest BCUT2D eigenvalue weighted by Gasteiger charge is 2.34. The molecule has 3 atom stereocenters. The third-order valence-corrected chi connectivity index (χ3v) is 5.47. The summed E-state index contributed by atoms with van der Waals surface area (Å²) in [4.78, 5) is 40.9. The lowest BCUT2D eigenvalue weighted by atomic mass is 10.1. The third kappa shape index (κ3) is 5.35. The number of rotatable bonds is 6. The van der Waals surface area contributed by atoms with Crippen molar-refractivity contribution in [2.24, 2.45) is 5.92 Å². The van der Waals surface area contributed by atoms with E-state index >= 15 is 0 Å². The first-order valence-electron chi connectivity index (χ1n) is 10.5. The van der Waals surface area contributed by atoms with E-state index in [-0.39, 0.29) is 42.3 Å². The van der Waals surface area contributed by atoms with E-state index in [1.807, 2.05) is 13.8 Å². The van der Waals surface area contributed by atoms with Crippen LogP contribution in [0.3, 0.4) is 0 Å². The normalized spacial score (nSPS) is 24.7. The molecule has 3 amide bonds. The van der Waals surface area contributed by atoms with Crippen LogP contribution in [0.1, 0.15) is 50.4 Å². The smallest absolute Gasteiger partial charge is 0.254 e. The van der Waals surface area contributed by atoms with Crippen molar-refractivity contribution in [1.29, 1.82) is 0 Å². The number of ether oxygens (including phenoxy) is 1. The molecule has 0 spiro atoms. The number of carbonyl (C=O) groups excluding carboxylic acids is 3. The number of unbranched alkanes of at least 4 members (excludes halogenated alkanes) is 1. The van der Waals surface area contributed by atoms with Crippen molar-refractivity contribution in [3.05, 3.63) is 29.8 Å². The summed E-state index contributed by atoms with van der Waals surface area (Å²) >= 11 is 0. The van der Waals surface area contributed by atoms with Crippen LogP contribution in [0.5, 0.6) is 0 Å². The summed E-state index contributed by atoms with van der Waals surface area (Å²) in [7, 11) is 0. The van der Waals surface area contributed by atoms with Gasteiger partial charge in [0.05, 0.1) is 18.1 Å². The highest BCUT2D eigenvalue weighted by Crippen LogP contribution is 2.21. The van der Waals surface area contributed by atoms with Crippen molar-refractivity contribution in [3.63, 3.8) is 0 Å². The number of anilines is 1. The van der Waals surface area contributed by atoms with Gasteiger partial charge in [0.15, 0.2) is 0 Å². The van der Waals surface area contributed by atoms with Crippen molar-refractivity contribution >= 4 is 23.4 Å². The molecule has 0 unspecified atom stereocenters. The zero-order chi connectivity index (χ0) is 21.0. The SMILES string of the molecule is CCCCN1C[C@@H](C(=O)Nc2ccc(C(=O)N3C[C@@H](C)O[C@@H](C)C3)cc2)CC1=O. The van der Waals surface area contributed by atoms with E-state index in [1.54, 1.807) is 34.1 Å². The predicted molar refractivity (Wildman–Crippen MR) is 111 cm³/mol. The van der Waals surface area contributed by atoms with Crippen LogP contribution in [-0.2, 0) is 14.3 Å². The summed E-state index contributed by atoms with van der Waals surface area (Å²) in [5.74, 6) is -0.449. The highest BCUT2D eigenvalue weighted by atomic mass is 16.5. The molecule has 2 saturated heterocycles. The average Bonchev–Trinajstić information content (AvgIpc) is 3.06. The maximum Gasteiger partial charge on any atom is 0.254 e. The van der Waals surface area contributed by atoms with Crippen LogP contribution in [0.15, 0.2) is 24.3 Å². The van der Waals surface area contributed by atoms with Gasteiger partial charge in [0.25, 0.3) is 5.91 Å². The molecular formula is C22H31N3O4. The van der Waals surface area contributed by atoms with Crippen LogP contribution in [0.4, 0.5) is 5.69 Å². The predicted octanol–water partition coefficient (Wildman–Crippen LogP) is 2.52. The van der Waals surface area contributed by atoms with Crippen molar-refractivity contribution < 1.29 is 19.1 Å². The van der Waals surface area contributed by atoms with Crippen LogP contribution >= 0.6 is 0 Å². The average molecular weight is 402 g/mol. The number of benzene rings is 1. The molecule has 1 aromatic rings. The first-order chi connectivity index (χ1) is 13.9. The first kappa shape index (κ1) is 21.3. The zero-order valence-electron chi connectivity index (χ0n) is 17.5. The van der Waals surface area contributed by atoms with Crippen molar-refractivity contribution in [2.75, 3.05) is 31.5 Å². The Balaban J connectivity index is 1.56. The summed E-state index contributed by atoms with van der Waals surface area (Å²) in [6.07, 6.45) is 2.28. The van der Waals surface area contributed by atoms with Gasteiger partial charge in [0.2, 0.25) is 11.8 Å². The topological polar surface area (TPSA) is 79.0 Å². The maximum absolute atomic E-state index is 12.7. The molecule has 0 aromatic heterocycles. The molecule has 0 saturated carbocycles. The minimum atomic E-state index is -0.322. The van der Waals surface area contributed by atoms with Gasteiger partial charge < -0.3 is 19.9 Å². The van der Waals surface area contributed by atoms with E-state index in [1.165, 1.54) is 0 Å². The Morgan fingerprint density at radius 1 is 1.10 bits per heavy atom. The first-order valence-corrected chi connectivity index (χ1v) is 10.5. The van der Waals surface area contributed by atoms with Gasteiger partial charge in [-0.1, -0.05) is 13.3 Å². The third-order valence-electron chi connectivity index (χ3n) is 5.47. The van der Waals surface area contributed by atoms with Crippen molar-refractivity contribution in [1.82, 2.24) is 9.80 Å². The molecular weight excluding hydrogens is 370 g/mol. The Morgan fingerprint density at radius 3 is 2.38 bits per heavy atom. The van der Waals surface area contributed by atoms with Crippen LogP contribution in [0, 0.1) is 5.92 Å². The number of morpholine rings is 1. The van der Waals surface area contributed by atoms with Crippen LogP contribution in [0.25, 0.3) is 0 Å². The van der Waals surface area contributed by atoms with Crippen LogP contribution in [0.2, 0.25) is 0 Å². The minimum Gasteiger partial charge on any atom is -0.372 e. The van der Waals surface area contributed by atoms with E-state index < -0.39 is 0 Å². The van der Waals surface area contributed by atoms with Gasteiger partial charge in [-0.05, 0) is 44.5 Å². The summed E-state index contributed by atoms with van der Waals surface area (Å²) in [5, 5.41) is 2.88. The van der Waals surface area contributed by atoms with Gasteiger partial charge in [-0.2, -0.15) is 0 Å². The quantitative estimate of drug-likeness (QED) is 0.794. The van der Waals surface area contributed by atoms with Gasteiger partial charge in [0.1, 0.15) is 0 Å². The highest BCUT2D eigenvalue weighted by molar-refractivity contribution is 5.98. The molecule has 1 N–H and O–H groups in total. The standard InChI is InChI=1S/C22H31N3O4/c1-4-5-10-24-14-18(11-20(24)26)21(27)23-19-8-6-17(7-9-19)22(28)25-12-15(2)29-16(3)13-25/h6-9,15-16,18H,4-5,10-14H2,1-3H3,(H,23,27)/t15-,16+,18-/m0/s1. The van der Waals surface area contributed by atoms with E-state index in [4.69, 9.17) is 4.74 Å². The number of carbonyl (C=O) groups is 3. The molecule has 1 aromatic carbocycles. The van der Waals surface area contributed by atoms with Gasteiger partial charge >= 0.3 is 0 Å². The molecule has 0 bridgehead atoms. The fourth-order valence-electron chi connectivity index (χ4n) is 3.98. The molecule has 2 aliphatic rings. The van der Waals surface area contributed by atoms with E-state index in [0.29, 0.717) is 37.4 Å². The van der Waals surface area contributed by atoms with E-state index in [9.17, 15) is 14.4 Å². The second-order valence-corrected chi connectivity index (χ2v) is 8.13. The Hall–Kier alpha value is -2.41. The second-order valence-electron chi connectivity index (χ2n) is 8.13. The summed E-state index contributed by atoms with van der Waals surface area (Å²) in [6, 6.07) is 6.94. The number of nitrogens with one attached hydrogen (secondary N) is 1. The molecule has 3 rings (SSSR count). The maximum atomic E-state index is 12.7. The van der Waals surface area contributed by atoms with Crippen molar-refractivity contribution in [2.45, 2.75) is 52.2 Å². The lowest BCUT2D eigenvalue weighted by Gasteiger charge is -2.35. The molecule has 158 valence electrons. The summed E-state index contributed by atoms with van der Waals surface area (Å²) < 4.78 is 5.68. The summed E-state index contributed by atoms with van der Waals surface area (Å²) in [6.45, 7) is 8.36. The lowest BCUT2D eigenvalue weighted by molar-refractivity contribution is -0.128. The Bertz CT molecular complexity index is 739. The molecule has 29 heavy (non-hydrogen) atoms. The number of likely N-dealkylation sites (tertiary alicyclic amines) is 1. The summed E-state index contributed by atoms with van der Waals surface area (Å²) in [5.41, 5.74) is 1.22. The second kappa shape index (κ2) is 9.39. The van der Waals surface area contributed by atoms with Gasteiger partial charge in [-0.25, -0.2) is 0 Å². The van der Waals surface area contributed by atoms with Crippen LogP contribution in [-0.4, -0.2) is 65.9 Å².